The molecular weight excluding hydrogens is 384 g/mol. The molecule has 2 aromatic heterocycles. The fourth-order valence-electron chi connectivity index (χ4n) is 2.69. The second-order valence-corrected chi connectivity index (χ2v) is 8.13. The van der Waals surface area contributed by atoms with E-state index in [0.717, 1.165) is 12.1 Å². The number of aromatic amines is 1. The Morgan fingerprint density at radius 2 is 2.08 bits per heavy atom. The number of fused-ring (bicyclic) bond motifs is 1. The summed E-state index contributed by atoms with van der Waals surface area (Å²) in [6, 6.07) is 3.77. The molecule has 0 aliphatic heterocycles. The lowest BCUT2D eigenvalue weighted by Gasteiger charge is -2.12. The van der Waals surface area contributed by atoms with Crippen LogP contribution in [0.3, 0.4) is 0 Å². The molecule has 3 aromatic rings. The number of sulfonamides is 1. The third-order valence-corrected chi connectivity index (χ3v) is 5.56. The lowest BCUT2D eigenvalue weighted by atomic mass is 10.0. The molecular formula is C17H16ClF2N3O2S. The second kappa shape index (κ2) is 7.20. The Labute approximate surface area is 154 Å². The van der Waals surface area contributed by atoms with Crippen LogP contribution in [0.4, 0.5) is 14.5 Å². The van der Waals surface area contributed by atoms with Crippen LogP contribution < -0.4 is 4.72 Å². The zero-order valence-electron chi connectivity index (χ0n) is 13.8. The van der Waals surface area contributed by atoms with Crippen molar-refractivity contribution in [2.24, 2.45) is 0 Å². The first-order valence-corrected chi connectivity index (χ1v) is 9.92. The molecule has 0 aliphatic carbocycles. The van der Waals surface area contributed by atoms with Crippen LogP contribution in [0.1, 0.15) is 24.5 Å². The molecule has 0 atom stereocenters. The topological polar surface area (TPSA) is 74.8 Å². The summed E-state index contributed by atoms with van der Waals surface area (Å²) in [4.78, 5) is 7.03. The largest absolute Gasteiger partial charge is 0.346 e. The summed E-state index contributed by atoms with van der Waals surface area (Å²) in [5.74, 6) is -1.84. The van der Waals surface area contributed by atoms with Gasteiger partial charge < -0.3 is 4.98 Å². The van der Waals surface area contributed by atoms with Gasteiger partial charge >= 0.3 is 0 Å². The van der Waals surface area contributed by atoms with Crippen LogP contribution >= 0.6 is 11.6 Å². The van der Waals surface area contributed by atoms with E-state index in [4.69, 9.17) is 11.6 Å². The fraction of sp³-hybridized carbons (Fsp3) is 0.235. The van der Waals surface area contributed by atoms with E-state index in [2.05, 4.69) is 14.7 Å². The van der Waals surface area contributed by atoms with E-state index in [1.807, 2.05) is 0 Å². The monoisotopic (exact) mass is 399 g/mol. The molecule has 0 bridgehead atoms. The Bertz CT molecular complexity index is 1070. The number of aromatic nitrogens is 2. The van der Waals surface area contributed by atoms with Crippen molar-refractivity contribution in [1.29, 1.82) is 0 Å². The summed E-state index contributed by atoms with van der Waals surface area (Å²) in [7, 11) is -3.69. The predicted molar refractivity (Wildman–Crippen MR) is 98.0 cm³/mol. The Morgan fingerprint density at radius 1 is 1.31 bits per heavy atom. The van der Waals surface area contributed by atoms with E-state index in [1.165, 1.54) is 6.20 Å². The van der Waals surface area contributed by atoms with Gasteiger partial charge in [0.05, 0.1) is 16.5 Å². The number of nitrogens with one attached hydrogen (secondary N) is 2. The average Bonchev–Trinajstić information content (AvgIpc) is 2.96. The minimum Gasteiger partial charge on any atom is -0.346 e. The fourth-order valence-corrected chi connectivity index (χ4v) is 3.98. The molecule has 0 radical (unpaired) electrons. The van der Waals surface area contributed by atoms with Gasteiger partial charge in [-0.3, -0.25) is 4.72 Å². The van der Waals surface area contributed by atoms with E-state index >= 15 is 0 Å². The minimum atomic E-state index is -3.69. The molecule has 0 saturated carbocycles. The van der Waals surface area contributed by atoms with Gasteiger partial charge in [-0.1, -0.05) is 18.5 Å². The molecule has 3 rings (SSSR count). The first-order valence-electron chi connectivity index (χ1n) is 7.89. The standard InChI is InChI=1S/C17H16ClF2N3O2S/c1-2-5-26(24,25)23-15-4-3-14(19)13(16(15)20)6-10-8-21-17-12(10)7-11(18)9-22-17/h3-4,7-9,23H,2,5-6H2,1H3,(H,21,22). The quantitative estimate of drug-likeness (QED) is 0.651. The number of H-pyrrole nitrogens is 1. The van der Waals surface area contributed by atoms with Crippen molar-refractivity contribution < 1.29 is 17.2 Å². The number of rotatable bonds is 6. The van der Waals surface area contributed by atoms with Gasteiger partial charge in [0.25, 0.3) is 0 Å². The maximum absolute atomic E-state index is 14.8. The number of hydrogen-bond donors (Lipinski definition) is 2. The SMILES string of the molecule is CCCS(=O)(=O)Nc1ccc(F)c(Cc2c[nH]c3ncc(Cl)cc23)c1F. The summed E-state index contributed by atoms with van der Waals surface area (Å²) in [6.45, 7) is 1.70. The van der Waals surface area contributed by atoms with E-state index < -0.39 is 21.7 Å². The number of halogens is 3. The summed E-state index contributed by atoms with van der Waals surface area (Å²) >= 11 is 5.94. The molecule has 0 fully saturated rings. The predicted octanol–water partition coefficient (Wildman–Crippen LogP) is 4.24. The molecule has 9 heteroatoms. The Balaban J connectivity index is 1.99. The van der Waals surface area contributed by atoms with Crippen molar-refractivity contribution in [3.8, 4) is 0 Å². The molecule has 0 saturated heterocycles. The highest BCUT2D eigenvalue weighted by Gasteiger charge is 2.19. The van der Waals surface area contributed by atoms with Gasteiger partial charge in [0.1, 0.15) is 11.5 Å². The minimum absolute atomic E-state index is 0.0803. The van der Waals surface area contributed by atoms with E-state index in [1.54, 1.807) is 19.2 Å². The number of anilines is 1. The van der Waals surface area contributed by atoms with Gasteiger partial charge in [0, 0.05) is 29.8 Å². The maximum atomic E-state index is 14.8. The van der Waals surface area contributed by atoms with Crippen LogP contribution in [0, 0.1) is 11.6 Å². The number of hydrogen-bond acceptors (Lipinski definition) is 3. The lowest BCUT2D eigenvalue weighted by molar-refractivity contribution is 0.563. The maximum Gasteiger partial charge on any atom is 0.232 e. The molecule has 0 aliphatic rings. The highest BCUT2D eigenvalue weighted by atomic mass is 35.5. The van der Waals surface area contributed by atoms with E-state index in [9.17, 15) is 17.2 Å². The molecule has 138 valence electrons. The van der Waals surface area contributed by atoms with E-state index in [0.29, 0.717) is 28.0 Å². The number of pyridine rings is 1. The van der Waals surface area contributed by atoms with Gasteiger partial charge in [-0.15, -0.1) is 0 Å². The van der Waals surface area contributed by atoms with Crippen LogP contribution in [-0.2, 0) is 16.4 Å². The van der Waals surface area contributed by atoms with Gasteiger partial charge in [-0.25, -0.2) is 22.2 Å². The molecule has 0 spiro atoms. The van der Waals surface area contributed by atoms with Crippen molar-refractivity contribution in [1.82, 2.24) is 9.97 Å². The zero-order valence-corrected chi connectivity index (χ0v) is 15.4. The average molecular weight is 400 g/mol. The normalized spacial score (nSPS) is 11.8. The van der Waals surface area contributed by atoms with Crippen molar-refractivity contribution >= 4 is 38.3 Å². The summed E-state index contributed by atoms with van der Waals surface area (Å²) < 4.78 is 54.9. The Morgan fingerprint density at radius 3 is 2.81 bits per heavy atom. The van der Waals surface area contributed by atoms with Crippen molar-refractivity contribution in [3.05, 3.63) is 58.4 Å². The van der Waals surface area contributed by atoms with E-state index in [-0.39, 0.29) is 23.4 Å². The zero-order chi connectivity index (χ0) is 18.9. The Hall–Kier alpha value is -2.19. The van der Waals surface area contributed by atoms with Gasteiger partial charge in [0.2, 0.25) is 10.0 Å². The van der Waals surface area contributed by atoms with Crippen molar-refractivity contribution in [3.63, 3.8) is 0 Å². The highest BCUT2D eigenvalue weighted by Crippen LogP contribution is 2.28. The van der Waals surface area contributed by atoms with Gasteiger partial charge in [0.15, 0.2) is 5.82 Å². The van der Waals surface area contributed by atoms with Crippen LogP contribution in [0.5, 0.6) is 0 Å². The second-order valence-electron chi connectivity index (χ2n) is 5.85. The summed E-state index contributed by atoms with van der Waals surface area (Å²) in [6.07, 6.45) is 3.37. The third kappa shape index (κ3) is 3.81. The van der Waals surface area contributed by atoms with Crippen LogP contribution in [0.15, 0.2) is 30.6 Å². The number of nitrogens with zero attached hydrogens (tertiary/aromatic N) is 1. The van der Waals surface area contributed by atoms with Gasteiger partial charge in [-0.2, -0.15) is 0 Å². The molecule has 26 heavy (non-hydrogen) atoms. The molecule has 2 heterocycles. The van der Waals surface area contributed by atoms with Crippen LogP contribution in [0.2, 0.25) is 5.02 Å². The lowest BCUT2D eigenvalue weighted by Crippen LogP contribution is -2.17. The first kappa shape index (κ1) is 18.6. The van der Waals surface area contributed by atoms with Crippen LogP contribution in [0.25, 0.3) is 11.0 Å². The van der Waals surface area contributed by atoms with Gasteiger partial charge in [-0.05, 0) is 30.2 Å². The molecule has 0 amide bonds. The molecule has 0 unspecified atom stereocenters. The third-order valence-electron chi connectivity index (χ3n) is 3.87. The highest BCUT2D eigenvalue weighted by molar-refractivity contribution is 7.92. The van der Waals surface area contributed by atoms with Crippen LogP contribution in [-0.4, -0.2) is 24.1 Å². The Kier molecular flexibility index (Phi) is 5.15. The molecule has 2 N–H and O–H groups in total. The first-order chi connectivity index (χ1) is 12.3. The van der Waals surface area contributed by atoms with Crippen molar-refractivity contribution in [2.75, 3.05) is 10.5 Å². The number of benzene rings is 1. The summed E-state index contributed by atoms with van der Waals surface area (Å²) in [5.41, 5.74) is 0.639. The molecule has 5 nitrogen and oxygen atoms in total. The van der Waals surface area contributed by atoms with Crippen molar-refractivity contribution in [2.45, 2.75) is 19.8 Å². The molecule has 1 aromatic carbocycles. The summed E-state index contributed by atoms with van der Waals surface area (Å²) in [5, 5.41) is 1.05. The smallest absolute Gasteiger partial charge is 0.232 e.